The van der Waals surface area contributed by atoms with Crippen LogP contribution in [-0.2, 0) is 13.0 Å². The van der Waals surface area contributed by atoms with Gasteiger partial charge in [-0.15, -0.1) is 0 Å². The number of hydrogen-bond acceptors (Lipinski definition) is 4. The molecule has 2 aromatic carbocycles. The van der Waals surface area contributed by atoms with Crippen LogP contribution >= 0.6 is 0 Å². The molecule has 0 amide bonds. The highest BCUT2D eigenvalue weighted by molar-refractivity contribution is 5.79. The number of rotatable bonds is 6. The Kier molecular flexibility index (Phi) is 5.94. The second-order valence-corrected chi connectivity index (χ2v) is 5.87. The monoisotopic (exact) mass is 350 g/mol. The Morgan fingerprint density at radius 3 is 2.62 bits per heavy atom. The van der Waals surface area contributed by atoms with Gasteiger partial charge in [-0.3, -0.25) is 0 Å². The zero-order chi connectivity index (χ0) is 18.2. The van der Waals surface area contributed by atoms with E-state index in [0.717, 1.165) is 42.5 Å². The Morgan fingerprint density at radius 1 is 1.08 bits per heavy atom. The molecule has 1 aliphatic rings. The average Bonchev–Trinajstić information content (AvgIpc) is 3.14. The van der Waals surface area contributed by atoms with E-state index in [4.69, 9.17) is 14.7 Å². The van der Waals surface area contributed by atoms with Crippen LogP contribution in [0.2, 0.25) is 0 Å². The molecule has 26 heavy (non-hydrogen) atoms. The summed E-state index contributed by atoms with van der Waals surface area (Å²) in [5, 5.41) is 15.4. The molecule has 0 spiro atoms. The molecule has 6 heteroatoms. The molecular weight excluding hydrogens is 328 g/mol. The van der Waals surface area contributed by atoms with Crippen LogP contribution in [0.15, 0.2) is 47.5 Å². The van der Waals surface area contributed by atoms with Crippen molar-refractivity contribution in [2.24, 2.45) is 4.99 Å². The lowest BCUT2D eigenvalue weighted by molar-refractivity contribution is 0.174. The number of hydrogen-bond donors (Lipinski definition) is 2. The molecule has 0 aliphatic carbocycles. The zero-order valence-corrected chi connectivity index (χ0v) is 14.8. The van der Waals surface area contributed by atoms with Crippen molar-refractivity contribution in [1.29, 1.82) is 5.26 Å². The third-order valence-electron chi connectivity index (χ3n) is 3.99. The Morgan fingerprint density at radius 2 is 1.85 bits per heavy atom. The maximum atomic E-state index is 8.85. The normalized spacial score (nSPS) is 12.5. The number of ether oxygens (including phenoxy) is 2. The molecule has 0 fully saturated rings. The molecule has 0 bridgehead atoms. The van der Waals surface area contributed by atoms with Crippen molar-refractivity contribution >= 4 is 5.96 Å². The van der Waals surface area contributed by atoms with E-state index < -0.39 is 0 Å². The molecule has 0 atom stereocenters. The highest BCUT2D eigenvalue weighted by Gasteiger charge is 2.12. The predicted octanol–water partition coefficient (Wildman–Crippen LogP) is 2.58. The van der Waals surface area contributed by atoms with E-state index in [-0.39, 0.29) is 0 Å². The fourth-order valence-corrected chi connectivity index (χ4v) is 2.62. The van der Waals surface area contributed by atoms with E-state index in [0.29, 0.717) is 18.9 Å². The minimum atomic E-state index is 0.295. The smallest absolute Gasteiger partial charge is 0.231 e. The van der Waals surface area contributed by atoms with Crippen molar-refractivity contribution in [3.05, 3.63) is 59.2 Å². The Bertz CT molecular complexity index is 810. The lowest BCUT2D eigenvalue weighted by Crippen LogP contribution is -2.38. The lowest BCUT2D eigenvalue weighted by Gasteiger charge is -2.11. The van der Waals surface area contributed by atoms with Gasteiger partial charge < -0.3 is 20.1 Å². The molecular formula is C20H22N4O2. The SMILES string of the molecule is CCNC(=NCc1ccc(C#N)cc1)NCCc1ccc2c(c1)OCO2. The van der Waals surface area contributed by atoms with Gasteiger partial charge in [0.15, 0.2) is 17.5 Å². The van der Waals surface area contributed by atoms with Crippen molar-refractivity contribution in [3.63, 3.8) is 0 Å². The summed E-state index contributed by atoms with van der Waals surface area (Å²) in [6.45, 7) is 4.45. The molecule has 1 aliphatic heterocycles. The first-order valence-corrected chi connectivity index (χ1v) is 8.68. The second-order valence-electron chi connectivity index (χ2n) is 5.87. The number of benzene rings is 2. The molecule has 0 saturated heterocycles. The average molecular weight is 350 g/mol. The van der Waals surface area contributed by atoms with Gasteiger partial charge in [-0.2, -0.15) is 5.26 Å². The van der Waals surface area contributed by atoms with E-state index in [9.17, 15) is 0 Å². The summed E-state index contributed by atoms with van der Waals surface area (Å²) in [6.07, 6.45) is 0.859. The number of aliphatic imine (C=N–C) groups is 1. The number of nitriles is 1. The van der Waals surface area contributed by atoms with Crippen LogP contribution in [0.25, 0.3) is 0 Å². The van der Waals surface area contributed by atoms with E-state index in [2.05, 4.69) is 27.8 Å². The Hall–Kier alpha value is -3.20. The third kappa shape index (κ3) is 4.67. The quantitative estimate of drug-likeness (QED) is 0.618. The van der Waals surface area contributed by atoms with Gasteiger partial charge in [-0.05, 0) is 48.7 Å². The molecule has 134 valence electrons. The minimum absolute atomic E-state index is 0.295. The van der Waals surface area contributed by atoms with Crippen LogP contribution in [-0.4, -0.2) is 25.8 Å². The predicted molar refractivity (Wildman–Crippen MR) is 100 cm³/mol. The van der Waals surface area contributed by atoms with Gasteiger partial charge in [0.1, 0.15) is 0 Å². The molecule has 0 unspecified atom stereocenters. The van der Waals surface area contributed by atoms with Gasteiger partial charge in [-0.1, -0.05) is 18.2 Å². The van der Waals surface area contributed by atoms with E-state index in [1.807, 2.05) is 43.3 Å². The summed E-state index contributed by atoms with van der Waals surface area (Å²) < 4.78 is 10.7. The molecule has 0 aromatic heterocycles. The highest BCUT2D eigenvalue weighted by atomic mass is 16.7. The molecule has 0 saturated carbocycles. The van der Waals surface area contributed by atoms with E-state index >= 15 is 0 Å². The summed E-state index contributed by atoms with van der Waals surface area (Å²) in [7, 11) is 0. The first-order chi connectivity index (χ1) is 12.8. The maximum Gasteiger partial charge on any atom is 0.231 e. The maximum absolute atomic E-state index is 8.85. The fourth-order valence-electron chi connectivity index (χ4n) is 2.62. The summed E-state index contributed by atoms with van der Waals surface area (Å²) in [5.74, 6) is 2.39. The Labute approximate surface area is 153 Å². The largest absolute Gasteiger partial charge is 0.454 e. The summed E-state index contributed by atoms with van der Waals surface area (Å²) in [4.78, 5) is 4.60. The standard InChI is InChI=1S/C20H22N4O2/c1-2-22-20(24-13-17-5-3-16(12-21)4-6-17)23-10-9-15-7-8-18-19(11-15)26-14-25-18/h3-8,11H,2,9-10,13-14H2,1H3,(H2,22,23,24). The van der Waals surface area contributed by atoms with Gasteiger partial charge in [0, 0.05) is 13.1 Å². The molecule has 6 nitrogen and oxygen atoms in total. The number of fused-ring (bicyclic) bond motifs is 1. The molecule has 2 N–H and O–H groups in total. The van der Waals surface area contributed by atoms with Gasteiger partial charge in [0.25, 0.3) is 0 Å². The topological polar surface area (TPSA) is 78.7 Å². The van der Waals surface area contributed by atoms with Gasteiger partial charge in [0.05, 0.1) is 18.2 Å². The summed E-state index contributed by atoms with van der Waals surface area (Å²) in [5.41, 5.74) is 2.91. The van der Waals surface area contributed by atoms with Crippen molar-refractivity contribution in [3.8, 4) is 17.6 Å². The molecule has 3 rings (SSSR count). The number of guanidine groups is 1. The first-order valence-electron chi connectivity index (χ1n) is 8.68. The molecule has 1 heterocycles. The van der Waals surface area contributed by atoms with Crippen molar-refractivity contribution in [2.45, 2.75) is 19.9 Å². The zero-order valence-electron chi connectivity index (χ0n) is 14.8. The lowest BCUT2D eigenvalue weighted by atomic mass is 10.1. The van der Waals surface area contributed by atoms with Crippen LogP contribution in [0.3, 0.4) is 0 Å². The van der Waals surface area contributed by atoms with E-state index in [1.165, 1.54) is 5.56 Å². The van der Waals surface area contributed by atoms with Crippen LogP contribution in [0.5, 0.6) is 11.5 Å². The third-order valence-corrected chi connectivity index (χ3v) is 3.99. The summed E-state index contributed by atoms with van der Waals surface area (Å²) >= 11 is 0. The fraction of sp³-hybridized carbons (Fsp3) is 0.300. The van der Waals surface area contributed by atoms with Crippen molar-refractivity contribution in [1.82, 2.24) is 10.6 Å². The minimum Gasteiger partial charge on any atom is -0.454 e. The second kappa shape index (κ2) is 8.77. The number of nitrogens with one attached hydrogen (secondary N) is 2. The van der Waals surface area contributed by atoms with Crippen molar-refractivity contribution in [2.75, 3.05) is 19.9 Å². The summed E-state index contributed by atoms with van der Waals surface area (Å²) in [6, 6.07) is 15.6. The van der Waals surface area contributed by atoms with Gasteiger partial charge >= 0.3 is 0 Å². The van der Waals surface area contributed by atoms with Crippen molar-refractivity contribution < 1.29 is 9.47 Å². The highest BCUT2D eigenvalue weighted by Crippen LogP contribution is 2.32. The first kappa shape index (κ1) is 17.6. The van der Waals surface area contributed by atoms with Gasteiger partial charge in [-0.25, -0.2) is 4.99 Å². The van der Waals surface area contributed by atoms with Crippen LogP contribution in [0.1, 0.15) is 23.6 Å². The molecule has 2 aromatic rings. The molecule has 0 radical (unpaired) electrons. The van der Waals surface area contributed by atoms with Gasteiger partial charge in [0.2, 0.25) is 6.79 Å². The van der Waals surface area contributed by atoms with Crippen LogP contribution < -0.4 is 20.1 Å². The van der Waals surface area contributed by atoms with E-state index in [1.54, 1.807) is 0 Å². The Balaban J connectivity index is 1.53. The van der Waals surface area contributed by atoms with Crippen LogP contribution in [0.4, 0.5) is 0 Å². The van der Waals surface area contributed by atoms with Crippen LogP contribution in [0, 0.1) is 11.3 Å². The number of nitrogens with zero attached hydrogens (tertiary/aromatic N) is 2.